The van der Waals surface area contributed by atoms with Crippen molar-refractivity contribution >= 4 is 16.8 Å². The van der Waals surface area contributed by atoms with Crippen molar-refractivity contribution in [3.8, 4) is 0 Å². The molecule has 0 aromatic heterocycles. The Morgan fingerprint density at radius 3 is 2.19 bits per heavy atom. The fraction of sp³-hybridized carbons (Fsp3) is 0.419. The molecule has 3 aromatic carbocycles. The highest BCUT2D eigenvalue weighted by Crippen LogP contribution is 2.46. The van der Waals surface area contributed by atoms with Gasteiger partial charge in [-0.25, -0.2) is 0 Å². The summed E-state index contributed by atoms with van der Waals surface area (Å²) < 4.78 is 0. The predicted octanol–water partition coefficient (Wildman–Crippen LogP) is 7.91. The Morgan fingerprint density at radius 2 is 1.44 bits per heavy atom. The second-order valence-electron chi connectivity index (χ2n) is 10.3. The highest BCUT2D eigenvalue weighted by atomic mass is 15.2. The van der Waals surface area contributed by atoms with Gasteiger partial charge in [-0.15, -0.1) is 0 Å². The van der Waals surface area contributed by atoms with Crippen LogP contribution in [-0.2, 0) is 5.54 Å². The number of benzene rings is 3. The van der Waals surface area contributed by atoms with Crippen LogP contribution < -0.4 is 0 Å². The summed E-state index contributed by atoms with van der Waals surface area (Å²) in [5.74, 6) is 1.32. The summed E-state index contributed by atoms with van der Waals surface area (Å²) in [7, 11) is 0. The predicted molar refractivity (Wildman–Crippen MR) is 136 cm³/mol. The summed E-state index contributed by atoms with van der Waals surface area (Å²) in [5.41, 5.74) is 4.79. The third kappa shape index (κ3) is 3.42. The lowest BCUT2D eigenvalue weighted by Crippen LogP contribution is -2.50. The molecule has 1 heteroatoms. The standard InChI is InChI=1S/C31H35N/c1-2-7-21-31(20-6-1,27-13-4-3-5-14-27)32-22-18-24(19-23-32)28-17-16-26-11-8-10-25-12-9-15-29(28)30(25)26/h3-5,8-17,24,28H,1-2,6-7,18-23H2. The molecule has 0 amide bonds. The van der Waals surface area contributed by atoms with Crippen molar-refractivity contribution in [3.63, 3.8) is 0 Å². The molecule has 1 heterocycles. The zero-order valence-corrected chi connectivity index (χ0v) is 19.2. The van der Waals surface area contributed by atoms with Gasteiger partial charge in [0.25, 0.3) is 0 Å². The molecular weight excluding hydrogens is 386 g/mol. The van der Waals surface area contributed by atoms with E-state index in [1.165, 1.54) is 80.8 Å². The van der Waals surface area contributed by atoms with Gasteiger partial charge in [-0.1, -0.05) is 105 Å². The van der Waals surface area contributed by atoms with E-state index in [4.69, 9.17) is 0 Å². The van der Waals surface area contributed by atoms with Crippen LogP contribution in [0.5, 0.6) is 0 Å². The van der Waals surface area contributed by atoms with Crippen LogP contribution in [0, 0.1) is 5.92 Å². The summed E-state index contributed by atoms with van der Waals surface area (Å²) in [5, 5.41) is 2.89. The van der Waals surface area contributed by atoms with Crippen molar-refractivity contribution in [1.29, 1.82) is 0 Å². The Labute approximate surface area is 193 Å². The molecule has 164 valence electrons. The molecule has 0 spiro atoms. The zero-order chi connectivity index (χ0) is 21.4. The lowest BCUT2D eigenvalue weighted by molar-refractivity contribution is 0.0315. The largest absolute Gasteiger partial charge is 0.294 e. The topological polar surface area (TPSA) is 3.24 Å². The second-order valence-corrected chi connectivity index (χ2v) is 10.3. The number of rotatable bonds is 3. The van der Waals surface area contributed by atoms with Crippen molar-refractivity contribution in [1.82, 2.24) is 4.90 Å². The van der Waals surface area contributed by atoms with E-state index < -0.39 is 0 Å². The van der Waals surface area contributed by atoms with Gasteiger partial charge in [-0.05, 0) is 72.2 Å². The Balaban J connectivity index is 1.26. The maximum absolute atomic E-state index is 2.89. The Morgan fingerprint density at radius 1 is 0.719 bits per heavy atom. The lowest BCUT2D eigenvalue weighted by atomic mass is 9.73. The molecule has 1 saturated carbocycles. The molecule has 1 atom stereocenters. The van der Waals surface area contributed by atoms with Crippen LogP contribution in [0.15, 0.2) is 72.8 Å². The van der Waals surface area contributed by atoms with Gasteiger partial charge in [0.2, 0.25) is 0 Å². The molecule has 1 unspecified atom stereocenters. The van der Waals surface area contributed by atoms with Gasteiger partial charge in [0, 0.05) is 11.5 Å². The molecule has 0 bridgehead atoms. The number of piperidine rings is 1. The molecule has 0 radical (unpaired) electrons. The minimum Gasteiger partial charge on any atom is -0.294 e. The highest BCUT2D eigenvalue weighted by Gasteiger charge is 2.41. The lowest BCUT2D eigenvalue weighted by Gasteiger charge is -2.48. The summed E-state index contributed by atoms with van der Waals surface area (Å²) in [6.07, 6.45) is 15.7. The Kier molecular flexibility index (Phi) is 5.39. The number of likely N-dealkylation sites (tertiary alicyclic amines) is 1. The Bertz CT molecular complexity index is 1090. The molecule has 3 aromatic rings. The third-order valence-electron chi connectivity index (χ3n) is 8.71. The first kappa shape index (κ1) is 20.2. The summed E-state index contributed by atoms with van der Waals surface area (Å²) >= 11 is 0. The Hall–Kier alpha value is -2.38. The van der Waals surface area contributed by atoms with Gasteiger partial charge < -0.3 is 0 Å². The molecule has 6 rings (SSSR count). The second kappa shape index (κ2) is 8.52. The van der Waals surface area contributed by atoms with Gasteiger partial charge in [0.05, 0.1) is 0 Å². The monoisotopic (exact) mass is 421 g/mol. The molecule has 0 N–H and O–H groups in total. The first-order chi connectivity index (χ1) is 15.9. The quantitative estimate of drug-likeness (QED) is 0.388. The van der Waals surface area contributed by atoms with Crippen LogP contribution in [0.4, 0.5) is 0 Å². The average Bonchev–Trinajstić information content (AvgIpc) is 3.13. The van der Waals surface area contributed by atoms with E-state index in [1.807, 2.05) is 0 Å². The van der Waals surface area contributed by atoms with Crippen molar-refractivity contribution < 1.29 is 0 Å². The van der Waals surface area contributed by atoms with Crippen molar-refractivity contribution in [3.05, 3.63) is 89.5 Å². The minimum absolute atomic E-state index is 0.262. The third-order valence-corrected chi connectivity index (χ3v) is 8.71. The van der Waals surface area contributed by atoms with Crippen LogP contribution in [-0.4, -0.2) is 18.0 Å². The van der Waals surface area contributed by atoms with Crippen LogP contribution in [0.3, 0.4) is 0 Å². The first-order valence-electron chi connectivity index (χ1n) is 12.9. The normalized spacial score (nSPS) is 23.8. The number of allylic oxidation sites excluding steroid dienone is 1. The van der Waals surface area contributed by atoms with E-state index in [9.17, 15) is 0 Å². The van der Waals surface area contributed by atoms with Crippen molar-refractivity contribution in [2.75, 3.05) is 13.1 Å². The molecule has 2 aliphatic carbocycles. The molecule has 1 saturated heterocycles. The van der Waals surface area contributed by atoms with Crippen molar-refractivity contribution in [2.24, 2.45) is 5.92 Å². The van der Waals surface area contributed by atoms with Crippen molar-refractivity contribution in [2.45, 2.75) is 62.8 Å². The fourth-order valence-corrected chi connectivity index (χ4v) is 7.07. The summed E-state index contributed by atoms with van der Waals surface area (Å²) in [4.78, 5) is 2.89. The molecule has 1 aliphatic heterocycles. The maximum Gasteiger partial charge on any atom is 0.0460 e. The van der Waals surface area contributed by atoms with Gasteiger partial charge >= 0.3 is 0 Å². The molecule has 1 nitrogen and oxygen atoms in total. The van der Waals surface area contributed by atoms with Crippen LogP contribution in [0.2, 0.25) is 0 Å². The summed E-state index contributed by atoms with van der Waals surface area (Å²) in [6.45, 7) is 2.48. The van der Waals surface area contributed by atoms with E-state index in [-0.39, 0.29) is 5.54 Å². The number of hydrogen-bond donors (Lipinski definition) is 0. The van der Waals surface area contributed by atoms with Gasteiger partial charge in [0.1, 0.15) is 0 Å². The average molecular weight is 422 g/mol. The van der Waals surface area contributed by atoms with Crippen LogP contribution in [0.25, 0.3) is 16.8 Å². The fourth-order valence-electron chi connectivity index (χ4n) is 7.07. The number of nitrogens with zero attached hydrogens (tertiary/aromatic N) is 1. The van der Waals surface area contributed by atoms with E-state index in [2.05, 4.69) is 83.8 Å². The van der Waals surface area contributed by atoms with E-state index in [1.54, 1.807) is 11.1 Å². The van der Waals surface area contributed by atoms with E-state index in [0.29, 0.717) is 5.92 Å². The molecule has 2 fully saturated rings. The van der Waals surface area contributed by atoms with Gasteiger partial charge in [-0.3, -0.25) is 4.90 Å². The highest BCUT2D eigenvalue weighted by molar-refractivity contribution is 5.95. The maximum atomic E-state index is 2.89. The van der Waals surface area contributed by atoms with E-state index >= 15 is 0 Å². The van der Waals surface area contributed by atoms with Crippen LogP contribution >= 0.6 is 0 Å². The SMILES string of the molecule is C1=CC(C2CCN(C3(c4ccccc4)CCCCCC3)CC2)c2cccc3cccc1c23. The zero-order valence-electron chi connectivity index (χ0n) is 19.2. The first-order valence-corrected chi connectivity index (χ1v) is 12.9. The van der Waals surface area contributed by atoms with Gasteiger partial charge in [-0.2, -0.15) is 0 Å². The molecular formula is C31H35N. The number of hydrogen-bond acceptors (Lipinski definition) is 1. The summed E-state index contributed by atoms with van der Waals surface area (Å²) in [6, 6.07) is 25.2. The van der Waals surface area contributed by atoms with E-state index in [0.717, 1.165) is 5.92 Å². The van der Waals surface area contributed by atoms with Crippen LogP contribution in [0.1, 0.15) is 74.0 Å². The minimum atomic E-state index is 0.262. The smallest absolute Gasteiger partial charge is 0.0460 e. The molecule has 3 aliphatic rings. The molecule has 32 heavy (non-hydrogen) atoms. The van der Waals surface area contributed by atoms with Gasteiger partial charge in [0.15, 0.2) is 0 Å².